The minimum absolute atomic E-state index is 0.0226. The Morgan fingerprint density at radius 2 is 1.86 bits per heavy atom. The maximum Gasteiger partial charge on any atom is 0.408 e. The van der Waals surface area contributed by atoms with E-state index in [0.29, 0.717) is 36.3 Å². The molecule has 2 saturated heterocycles. The smallest absolute Gasteiger partial charge is 0.408 e. The third-order valence-corrected chi connectivity index (χ3v) is 9.39. The van der Waals surface area contributed by atoms with Crippen molar-refractivity contribution >= 4 is 41.2 Å². The predicted molar refractivity (Wildman–Crippen MR) is 180 cm³/mol. The second kappa shape index (κ2) is 15.2. The van der Waals surface area contributed by atoms with Gasteiger partial charge < -0.3 is 40.5 Å². The van der Waals surface area contributed by atoms with Gasteiger partial charge in [0.05, 0.1) is 31.5 Å². The molecule has 15 heteroatoms. The standard InChI is InChI=1S/C35H48N6O9/c1-6-8-24(27(42)31(45)37-22-11-12-22)38-30(44)26-17-35(16-25(40-50-35)20-9-7-10-21(15-20)29(43)36-5)19-41(26)32(46)28(34(2,3)4)39-33(47)49-23-13-14-48-18-23/h7,9-10,15,22-24,26,28H,6,8,11-14,16-19H2,1-5H3,(H,36,43)(H,37,45)(H,38,44)(H,39,47)/t23-,24-,26-,28+,35+/m0/s1. The average Bonchev–Trinajstić information content (AvgIpc) is 3.43. The fourth-order valence-corrected chi connectivity index (χ4v) is 6.46. The molecule has 4 N–H and O–H groups in total. The van der Waals surface area contributed by atoms with Crippen LogP contribution in [0.25, 0.3) is 0 Å². The zero-order valence-electron chi connectivity index (χ0n) is 29.3. The van der Waals surface area contributed by atoms with E-state index in [9.17, 15) is 28.8 Å². The van der Waals surface area contributed by atoms with Crippen molar-refractivity contribution in [2.24, 2.45) is 10.6 Å². The number of ketones is 1. The number of Topliss-reactive ketones (excluding diaryl/α,β-unsaturated/α-hetero) is 1. The summed E-state index contributed by atoms with van der Waals surface area (Å²) in [5.74, 6) is -2.93. The summed E-state index contributed by atoms with van der Waals surface area (Å²) in [6.07, 6.45) is 1.91. The number of hydrogen-bond donors (Lipinski definition) is 4. The molecule has 1 aromatic carbocycles. The van der Waals surface area contributed by atoms with Crippen molar-refractivity contribution in [2.45, 2.75) is 109 Å². The van der Waals surface area contributed by atoms with Gasteiger partial charge in [-0.25, -0.2) is 4.79 Å². The number of alkyl carbamates (subject to hydrolysis) is 1. The summed E-state index contributed by atoms with van der Waals surface area (Å²) in [7, 11) is 1.54. The molecule has 1 saturated carbocycles. The molecule has 15 nitrogen and oxygen atoms in total. The van der Waals surface area contributed by atoms with Crippen molar-refractivity contribution in [3.63, 3.8) is 0 Å². The van der Waals surface area contributed by atoms with Crippen molar-refractivity contribution in [2.75, 3.05) is 26.8 Å². The van der Waals surface area contributed by atoms with Gasteiger partial charge in [0.15, 0.2) is 5.60 Å². The van der Waals surface area contributed by atoms with Crippen LogP contribution in [0, 0.1) is 5.41 Å². The summed E-state index contributed by atoms with van der Waals surface area (Å²) in [6.45, 7) is 7.88. The molecule has 1 spiro atoms. The van der Waals surface area contributed by atoms with Gasteiger partial charge in [0, 0.05) is 43.5 Å². The molecule has 5 rings (SSSR count). The van der Waals surface area contributed by atoms with Crippen molar-refractivity contribution in [1.82, 2.24) is 26.2 Å². The second-order valence-electron chi connectivity index (χ2n) is 14.6. The van der Waals surface area contributed by atoms with Crippen LogP contribution in [0.2, 0.25) is 0 Å². The molecule has 0 aromatic heterocycles. The number of rotatable bonds is 12. The summed E-state index contributed by atoms with van der Waals surface area (Å²) >= 11 is 0. The quantitative estimate of drug-likeness (QED) is 0.235. The molecule has 0 radical (unpaired) electrons. The zero-order chi connectivity index (χ0) is 36.2. The number of ether oxygens (including phenoxy) is 2. The molecule has 0 unspecified atom stereocenters. The summed E-state index contributed by atoms with van der Waals surface area (Å²) in [5, 5.41) is 15.1. The van der Waals surface area contributed by atoms with Gasteiger partial charge in [0.1, 0.15) is 18.2 Å². The lowest BCUT2D eigenvalue weighted by Gasteiger charge is -2.35. The number of likely N-dealkylation sites (tertiary alicyclic amines) is 1. The Labute approximate surface area is 291 Å². The maximum atomic E-state index is 14.5. The van der Waals surface area contributed by atoms with Gasteiger partial charge in [-0.15, -0.1) is 0 Å². The molecule has 4 aliphatic rings. The van der Waals surface area contributed by atoms with Crippen LogP contribution in [0.5, 0.6) is 0 Å². The number of amides is 5. The first-order valence-corrected chi connectivity index (χ1v) is 17.3. The van der Waals surface area contributed by atoms with Gasteiger partial charge in [-0.1, -0.05) is 51.4 Å². The van der Waals surface area contributed by atoms with Crippen molar-refractivity contribution in [3.8, 4) is 0 Å². The fraction of sp³-hybridized carbons (Fsp3) is 0.629. The van der Waals surface area contributed by atoms with Gasteiger partial charge in [0.2, 0.25) is 17.6 Å². The first-order valence-electron chi connectivity index (χ1n) is 17.3. The third kappa shape index (κ3) is 8.60. The number of carbonyl (C=O) groups is 6. The second-order valence-corrected chi connectivity index (χ2v) is 14.6. The van der Waals surface area contributed by atoms with Gasteiger partial charge in [0.25, 0.3) is 11.8 Å². The van der Waals surface area contributed by atoms with Gasteiger partial charge in [-0.2, -0.15) is 0 Å². The van der Waals surface area contributed by atoms with Crippen LogP contribution in [-0.4, -0.2) is 109 Å². The van der Waals surface area contributed by atoms with Crippen molar-refractivity contribution in [1.29, 1.82) is 0 Å². The molecule has 3 heterocycles. The van der Waals surface area contributed by atoms with Crippen molar-refractivity contribution in [3.05, 3.63) is 35.4 Å². The Hall–Kier alpha value is -4.53. The molecule has 1 aliphatic carbocycles. The van der Waals surface area contributed by atoms with E-state index < -0.39 is 64.8 Å². The van der Waals surface area contributed by atoms with Crippen LogP contribution in [-0.2, 0) is 33.5 Å². The number of benzene rings is 1. The summed E-state index contributed by atoms with van der Waals surface area (Å²) in [6, 6.07) is 3.53. The Bertz CT molecular complexity index is 1530. The molecule has 1 aromatic rings. The number of nitrogens with one attached hydrogen (secondary N) is 4. The lowest BCUT2D eigenvalue weighted by atomic mass is 9.85. The van der Waals surface area contributed by atoms with Crippen LogP contribution >= 0.6 is 0 Å². The van der Waals surface area contributed by atoms with Crippen LogP contribution in [0.4, 0.5) is 4.79 Å². The highest BCUT2D eigenvalue weighted by atomic mass is 16.7. The zero-order valence-corrected chi connectivity index (χ0v) is 29.3. The maximum absolute atomic E-state index is 14.5. The highest BCUT2D eigenvalue weighted by Gasteiger charge is 2.56. The number of hydrogen-bond acceptors (Lipinski definition) is 10. The highest BCUT2D eigenvalue weighted by Crippen LogP contribution is 2.40. The lowest BCUT2D eigenvalue weighted by Crippen LogP contribution is -2.59. The summed E-state index contributed by atoms with van der Waals surface area (Å²) < 4.78 is 10.8. The lowest BCUT2D eigenvalue weighted by molar-refractivity contribution is -0.144. The van der Waals surface area contributed by atoms with E-state index in [1.165, 1.54) is 11.9 Å². The van der Waals surface area contributed by atoms with E-state index in [2.05, 4.69) is 26.4 Å². The molecular formula is C35H48N6O9. The van der Waals surface area contributed by atoms with Crippen molar-refractivity contribution < 1.29 is 43.1 Å². The van der Waals surface area contributed by atoms with Crippen LogP contribution in [0.15, 0.2) is 29.4 Å². The highest BCUT2D eigenvalue weighted by molar-refractivity contribution is 6.38. The summed E-state index contributed by atoms with van der Waals surface area (Å²) in [5.41, 5.74) is -0.307. The first kappa shape index (κ1) is 36.7. The van der Waals surface area contributed by atoms with Gasteiger partial charge in [-0.3, -0.25) is 24.0 Å². The minimum atomic E-state index is -1.13. The topological polar surface area (TPSA) is 194 Å². The number of oxime groups is 1. The first-order chi connectivity index (χ1) is 23.7. The van der Waals surface area contributed by atoms with Gasteiger partial charge >= 0.3 is 6.09 Å². The molecule has 50 heavy (non-hydrogen) atoms. The van der Waals surface area contributed by atoms with E-state index in [0.717, 1.165) is 12.8 Å². The Morgan fingerprint density at radius 1 is 1.10 bits per heavy atom. The molecule has 5 atom stereocenters. The molecule has 5 amide bonds. The van der Waals surface area contributed by atoms with Crippen LogP contribution in [0.3, 0.4) is 0 Å². The molecular weight excluding hydrogens is 648 g/mol. The normalized spacial score (nSPS) is 24.1. The molecule has 272 valence electrons. The Balaban J connectivity index is 1.40. The van der Waals surface area contributed by atoms with Crippen LogP contribution < -0.4 is 21.3 Å². The van der Waals surface area contributed by atoms with E-state index in [1.54, 1.807) is 45.0 Å². The number of nitrogens with zero attached hydrogens (tertiary/aromatic N) is 2. The van der Waals surface area contributed by atoms with E-state index in [4.69, 9.17) is 14.3 Å². The monoisotopic (exact) mass is 696 g/mol. The number of carbonyl (C=O) groups excluding carboxylic acids is 6. The Morgan fingerprint density at radius 3 is 2.50 bits per heavy atom. The molecule has 3 fully saturated rings. The largest absolute Gasteiger partial charge is 0.444 e. The Kier molecular flexibility index (Phi) is 11.1. The predicted octanol–water partition coefficient (Wildman–Crippen LogP) is 1.57. The van der Waals surface area contributed by atoms with E-state index in [-0.39, 0.29) is 44.4 Å². The third-order valence-electron chi connectivity index (χ3n) is 9.39. The average molecular weight is 697 g/mol. The minimum Gasteiger partial charge on any atom is -0.444 e. The fourth-order valence-electron chi connectivity index (χ4n) is 6.46. The van der Waals surface area contributed by atoms with E-state index >= 15 is 0 Å². The van der Waals surface area contributed by atoms with Crippen LogP contribution in [0.1, 0.15) is 88.6 Å². The van der Waals surface area contributed by atoms with Gasteiger partial charge in [-0.05, 0) is 36.8 Å². The van der Waals surface area contributed by atoms with E-state index in [1.807, 2.05) is 6.92 Å². The molecule has 3 aliphatic heterocycles. The summed E-state index contributed by atoms with van der Waals surface area (Å²) in [4.78, 5) is 87.1. The molecule has 0 bridgehead atoms. The SMILES string of the molecule is CCC[C@H](NC(=O)[C@@H]1C[C@]2(CC(c3cccc(C(=O)NC)c3)=NO2)CN1C(=O)[C@@H](NC(=O)O[C@H]1CCOC1)C(C)(C)C)C(=O)C(=O)NC1CC1.